The number of rotatable bonds is 3. The van der Waals surface area contributed by atoms with E-state index in [1.54, 1.807) is 0 Å². The van der Waals surface area contributed by atoms with Gasteiger partial charge in [-0.1, -0.05) is 57.5 Å². The molecule has 1 aromatic carbocycles. The predicted molar refractivity (Wildman–Crippen MR) is 71.6 cm³/mol. The summed E-state index contributed by atoms with van der Waals surface area (Å²) >= 11 is 6.14. The minimum atomic E-state index is 0.0305. The summed E-state index contributed by atoms with van der Waals surface area (Å²) in [6.07, 6.45) is 0.966. The first-order valence-corrected chi connectivity index (χ1v) is 6.20. The Balaban J connectivity index is 2.73. The van der Waals surface area contributed by atoms with E-state index in [-0.39, 0.29) is 6.04 Å². The molecule has 0 bridgehead atoms. The molecule has 0 amide bonds. The van der Waals surface area contributed by atoms with Crippen LogP contribution in [0.5, 0.6) is 0 Å². The van der Waals surface area contributed by atoms with Crippen molar-refractivity contribution in [2.75, 3.05) is 0 Å². The Labute approximate surface area is 104 Å². The molecule has 90 valence electrons. The fourth-order valence-electron chi connectivity index (χ4n) is 1.64. The maximum absolute atomic E-state index is 6.21. The average molecular weight is 240 g/mol. The summed E-state index contributed by atoms with van der Waals surface area (Å²) in [6, 6.07) is 7.87. The van der Waals surface area contributed by atoms with Gasteiger partial charge in [0.2, 0.25) is 0 Å². The molecule has 1 aromatic rings. The molecule has 2 unspecified atom stereocenters. The summed E-state index contributed by atoms with van der Waals surface area (Å²) in [5, 5.41) is 0.774. The quantitative estimate of drug-likeness (QED) is 0.831. The molecule has 0 radical (unpaired) electrons. The van der Waals surface area contributed by atoms with Gasteiger partial charge in [-0.05, 0) is 29.4 Å². The minimum absolute atomic E-state index is 0.0305. The average Bonchev–Trinajstić information content (AvgIpc) is 2.16. The summed E-state index contributed by atoms with van der Waals surface area (Å²) in [5.41, 5.74) is 7.56. The first-order valence-electron chi connectivity index (χ1n) is 5.82. The number of halogens is 1. The van der Waals surface area contributed by atoms with Gasteiger partial charge < -0.3 is 5.73 Å². The molecule has 2 heteroatoms. The first-order chi connectivity index (χ1) is 7.32. The van der Waals surface area contributed by atoms with Crippen LogP contribution in [0.4, 0.5) is 0 Å². The third kappa shape index (κ3) is 3.50. The van der Waals surface area contributed by atoms with Gasteiger partial charge in [0.15, 0.2) is 0 Å². The summed E-state index contributed by atoms with van der Waals surface area (Å²) in [6.45, 7) is 8.99. The van der Waals surface area contributed by atoms with E-state index in [1.807, 2.05) is 24.3 Å². The van der Waals surface area contributed by atoms with E-state index < -0.39 is 0 Å². The van der Waals surface area contributed by atoms with Crippen LogP contribution in [0, 0.1) is 11.3 Å². The Kier molecular flexibility index (Phi) is 4.40. The van der Waals surface area contributed by atoms with Gasteiger partial charge in [0.05, 0.1) is 0 Å². The summed E-state index contributed by atoms with van der Waals surface area (Å²) in [7, 11) is 0. The van der Waals surface area contributed by atoms with Crippen molar-refractivity contribution in [3.05, 3.63) is 34.9 Å². The maximum atomic E-state index is 6.21. The van der Waals surface area contributed by atoms with Crippen LogP contribution in [0.25, 0.3) is 0 Å². The van der Waals surface area contributed by atoms with Crippen LogP contribution in [-0.4, -0.2) is 0 Å². The summed E-state index contributed by atoms with van der Waals surface area (Å²) < 4.78 is 0. The molecule has 1 rings (SSSR count). The lowest BCUT2D eigenvalue weighted by molar-refractivity contribution is 0.234. The fraction of sp³-hybridized carbons (Fsp3) is 0.571. The van der Waals surface area contributed by atoms with Crippen molar-refractivity contribution in [2.45, 2.75) is 40.2 Å². The standard InChI is InChI=1S/C14H22ClN/c1-10(14(2,3)4)9-13(16)11-7-5-6-8-12(11)15/h5-8,10,13H,9,16H2,1-4H3. The van der Waals surface area contributed by atoms with E-state index in [0.29, 0.717) is 11.3 Å². The molecule has 2 atom stereocenters. The van der Waals surface area contributed by atoms with Crippen molar-refractivity contribution in [2.24, 2.45) is 17.1 Å². The van der Waals surface area contributed by atoms with Crippen molar-refractivity contribution in [1.82, 2.24) is 0 Å². The van der Waals surface area contributed by atoms with E-state index >= 15 is 0 Å². The lowest BCUT2D eigenvalue weighted by Gasteiger charge is -2.29. The van der Waals surface area contributed by atoms with Crippen molar-refractivity contribution >= 4 is 11.6 Å². The fourth-order valence-corrected chi connectivity index (χ4v) is 1.91. The highest BCUT2D eigenvalue weighted by Crippen LogP contribution is 2.33. The normalized spacial score (nSPS) is 15.9. The maximum Gasteiger partial charge on any atom is 0.0453 e. The molecule has 0 aromatic heterocycles. The van der Waals surface area contributed by atoms with Crippen LogP contribution in [0.15, 0.2) is 24.3 Å². The van der Waals surface area contributed by atoms with Gasteiger partial charge in [-0.3, -0.25) is 0 Å². The molecule has 0 aliphatic carbocycles. The highest BCUT2D eigenvalue weighted by Gasteiger charge is 2.23. The Bertz CT molecular complexity index is 341. The second-order valence-electron chi connectivity index (χ2n) is 5.63. The largest absolute Gasteiger partial charge is 0.324 e. The number of benzene rings is 1. The number of hydrogen-bond donors (Lipinski definition) is 1. The molecule has 0 saturated heterocycles. The number of hydrogen-bond acceptors (Lipinski definition) is 1. The molecular formula is C14H22ClN. The summed E-state index contributed by atoms with van der Waals surface area (Å²) in [4.78, 5) is 0. The van der Waals surface area contributed by atoms with Gasteiger partial charge in [-0.25, -0.2) is 0 Å². The van der Waals surface area contributed by atoms with Gasteiger partial charge in [-0.15, -0.1) is 0 Å². The van der Waals surface area contributed by atoms with Gasteiger partial charge in [0.1, 0.15) is 0 Å². The van der Waals surface area contributed by atoms with E-state index in [9.17, 15) is 0 Å². The number of nitrogens with two attached hydrogens (primary N) is 1. The topological polar surface area (TPSA) is 26.0 Å². The third-order valence-corrected chi connectivity index (χ3v) is 3.73. The zero-order valence-electron chi connectivity index (χ0n) is 10.6. The Hall–Kier alpha value is -0.530. The smallest absolute Gasteiger partial charge is 0.0453 e. The molecule has 0 aliphatic rings. The van der Waals surface area contributed by atoms with Crippen LogP contribution in [0.1, 0.15) is 45.7 Å². The van der Waals surface area contributed by atoms with Gasteiger partial charge >= 0.3 is 0 Å². The molecule has 0 spiro atoms. The van der Waals surface area contributed by atoms with Crippen LogP contribution in [0.2, 0.25) is 5.02 Å². The Morgan fingerprint density at radius 3 is 2.31 bits per heavy atom. The highest BCUT2D eigenvalue weighted by atomic mass is 35.5. The van der Waals surface area contributed by atoms with Crippen molar-refractivity contribution in [3.8, 4) is 0 Å². The zero-order valence-corrected chi connectivity index (χ0v) is 11.4. The van der Waals surface area contributed by atoms with Gasteiger partial charge in [0.25, 0.3) is 0 Å². The third-order valence-electron chi connectivity index (χ3n) is 3.39. The Morgan fingerprint density at radius 2 is 1.81 bits per heavy atom. The lowest BCUT2D eigenvalue weighted by Crippen LogP contribution is -2.23. The van der Waals surface area contributed by atoms with E-state index in [1.165, 1.54) is 0 Å². The van der Waals surface area contributed by atoms with Gasteiger partial charge in [-0.2, -0.15) is 0 Å². The van der Waals surface area contributed by atoms with Crippen molar-refractivity contribution in [3.63, 3.8) is 0 Å². The zero-order chi connectivity index (χ0) is 12.3. The molecule has 2 N–H and O–H groups in total. The Morgan fingerprint density at radius 1 is 1.25 bits per heavy atom. The minimum Gasteiger partial charge on any atom is -0.324 e. The van der Waals surface area contributed by atoms with Crippen molar-refractivity contribution in [1.29, 1.82) is 0 Å². The SMILES string of the molecule is CC(CC(N)c1ccccc1Cl)C(C)(C)C. The molecule has 16 heavy (non-hydrogen) atoms. The molecule has 1 nitrogen and oxygen atoms in total. The molecule has 0 saturated carbocycles. The van der Waals surface area contributed by atoms with Crippen LogP contribution in [0.3, 0.4) is 0 Å². The lowest BCUT2D eigenvalue weighted by atomic mass is 9.78. The molecule has 0 aliphatic heterocycles. The van der Waals surface area contributed by atoms with Gasteiger partial charge in [0, 0.05) is 11.1 Å². The van der Waals surface area contributed by atoms with E-state index in [0.717, 1.165) is 17.0 Å². The van der Waals surface area contributed by atoms with Crippen molar-refractivity contribution < 1.29 is 0 Å². The van der Waals surface area contributed by atoms with E-state index in [2.05, 4.69) is 27.7 Å². The van der Waals surface area contributed by atoms with Crippen LogP contribution in [-0.2, 0) is 0 Å². The monoisotopic (exact) mass is 239 g/mol. The molecule has 0 fully saturated rings. The second-order valence-corrected chi connectivity index (χ2v) is 6.04. The second kappa shape index (κ2) is 5.20. The summed E-state index contributed by atoms with van der Waals surface area (Å²) in [5.74, 6) is 0.568. The van der Waals surface area contributed by atoms with E-state index in [4.69, 9.17) is 17.3 Å². The highest BCUT2D eigenvalue weighted by molar-refractivity contribution is 6.31. The first kappa shape index (κ1) is 13.5. The van der Waals surface area contributed by atoms with Crippen LogP contribution >= 0.6 is 11.6 Å². The van der Waals surface area contributed by atoms with Crippen LogP contribution < -0.4 is 5.73 Å². The molecule has 0 heterocycles. The predicted octanol–water partition coefficient (Wildman–Crippen LogP) is 4.41. The molecular weight excluding hydrogens is 218 g/mol.